The first-order valence-corrected chi connectivity index (χ1v) is 8.06. The Kier molecular flexibility index (Phi) is 3.80. The Labute approximate surface area is 133 Å². The summed E-state index contributed by atoms with van der Waals surface area (Å²) in [5, 5.41) is 18.9. The van der Waals surface area contributed by atoms with Gasteiger partial charge in [0.2, 0.25) is 0 Å². The summed E-state index contributed by atoms with van der Waals surface area (Å²) in [7, 11) is -2.44. The Bertz CT molecular complexity index is 595. The topological polar surface area (TPSA) is 52.9 Å². The van der Waals surface area contributed by atoms with Gasteiger partial charge in [-0.2, -0.15) is 0 Å². The highest BCUT2D eigenvalue weighted by atomic mass is 32.2. The number of piperidine rings is 1. The van der Waals surface area contributed by atoms with Crippen LogP contribution in [0.5, 0.6) is 5.75 Å². The molecule has 2 bridgehead atoms. The summed E-state index contributed by atoms with van der Waals surface area (Å²) < 4.78 is 20.2. The van der Waals surface area contributed by atoms with Crippen molar-refractivity contribution in [3.63, 3.8) is 0 Å². The Morgan fingerprint density at radius 1 is 1.52 bits per heavy atom. The fourth-order valence-electron chi connectivity index (χ4n) is 3.04. The molecular formula is C14H19B2NO3S. The second-order valence-electron chi connectivity index (χ2n) is 5.39. The standard InChI is InChI=1S/C14H19B2NO3S/c15-9-21-20-14-2-1-11(16(18)19)7-12(14)13-8-17-5-3-10(13)4-6-17/h1-2,7-8,10,18-19H,3-6,9,15H2/i15TD. The maximum absolute atomic E-state index is 9.45. The fraction of sp³-hybridized carbons (Fsp3) is 0.429. The lowest BCUT2D eigenvalue weighted by Crippen LogP contribution is -2.36. The van der Waals surface area contributed by atoms with E-state index in [4.69, 9.17) is 6.85 Å². The molecule has 0 unspecified atom stereocenters. The van der Waals surface area contributed by atoms with E-state index >= 15 is 0 Å². The molecule has 0 atom stereocenters. The highest BCUT2D eigenvalue weighted by Gasteiger charge is 2.30. The normalized spacial score (nSPS) is 19.0. The van der Waals surface area contributed by atoms with Crippen molar-refractivity contribution in [3.05, 3.63) is 30.0 Å². The molecule has 4 nitrogen and oxygen atoms in total. The van der Waals surface area contributed by atoms with Crippen LogP contribution >= 0.6 is 12.0 Å². The highest BCUT2D eigenvalue weighted by molar-refractivity contribution is 7.96. The largest absolute Gasteiger partial charge is 0.488 e. The van der Waals surface area contributed by atoms with Gasteiger partial charge in [0.1, 0.15) is 13.5 Å². The van der Waals surface area contributed by atoms with E-state index < -0.39 is 14.9 Å². The average Bonchev–Trinajstić information content (AvgIpc) is 2.55. The molecule has 3 aliphatic heterocycles. The molecule has 1 fully saturated rings. The molecule has 0 amide bonds. The van der Waals surface area contributed by atoms with Crippen molar-refractivity contribution in [1.29, 1.82) is 2.67 Å². The van der Waals surface area contributed by atoms with Gasteiger partial charge in [-0.3, -0.25) is 0 Å². The van der Waals surface area contributed by atoms with Crippen LogP contribution < -0.4 is 9.65 Å². The van der Waals surface area contributed by atoms with Crippen LogP contribution in [0.2, 0.25) is 0 Å². The zero-order chi connectivity index (χ0) is 16.4. The van der Waals surface area contributed by atoms with Gasteiger partial charge in [-0.05, 0) is 38.5 Å². The molecule has 0 saturated carbocycles. The molecule has 3 heterocycles. The molecule has 7 heteroatoms. The van der Waals surface area contributed by atoms with Gasteiger partial charge in [-0.15, -0.1) is 0 Å². The van der Waals surface area contributed by atoms with Crippen molar-refractivity contribution in [2.24, 2.45) is 5.92 Å². The number of fused-ring (bicyclic) bond motifs is 2. The van der Waals surface area contributed by atoms with Crippen LogP contribution in [0.4, 0.5) is 0 Å². The molecule has 4 rings (SSSR count). The van der Waals surface area contributed by atoms with Gasteiger partial charge in [0.15, 0.2) is 0 Å². The number of hydrogen-bond acceptors (Lipinski definition) is 5. The van der Waals surface area contributed by atoms with Crippen LogP contribution in [-0.2, 0) is 0 Å². The summed E-state index contributed by atoms with van der Waals surface area (Å²) in [4.78, 5) is 2.29. The summed E-state index contributed by atoms with van der Waals surface area (Å²) in [5.41, 5.74) is 2.75. The zero-order valence-electron chi connectivity index (χ0n) is 13.7. The summed E-state index contributed by atoms with van der Waals surface area (Å²) in [6.45, 7) is 2.14. The third-order valence-electron chi connectivity index (χ3n) is 4.12. The smallest absolute Gasteiger partial charge is 0.426 e. The Balaban J connectivity index is 1.90. The van der Waals surface area contributed by atoms with Crippen molar-refractivity contribution >= 4 is 38.0 Å². The van der Waals surface area contributed by atoms with E-state index in [1.165, 1.54) is 5.57 Å². The van der Waals surface area contributed by atoms with Gasteiger partial charge in [0.05, 0.1) is 0 Å². The van der Waals surface area contributed by atoms with E-state index in [0.717, 1.165) is 43.5 Å². The molecule has 21 heavy (non-hydrogen) atoms. The van der Waals surface area contributed by atoms with E-state index in [0.29, 0.717) is 17.1 Å². The van der Waals surface area contributed by atoms with Gasteiger partial charge in [-0.25, -0.2) is 0 Å². The number of benzene rings is 1. The van der Waals surface area contributed by atoms with E-state index in [-0.39, 0.29) is 5.65 Å². The monoisotopic (exact) mass is 306 g/mol. The number of hydrogen-bond donors (Lipinski definition) is 2. The summed E-state index contributed by atoms with van der Waals surface area (Å²) in [6, 6.07) is 5.14. The second-order valence-corrected chi connectivity index (χ2v) is 6.13. The molecule has 1 aromatic carbocycles. The molecular weight excluding hydrogens is 284 g/mol. The maximum Gasteiger partial charge on any atom is 0.488 e. The second kappa shape index (κ2) is 6.38. The SMILES string of the molecule is [2H]B([3H])CSOc1ccc(B(O)O)cc1C1=CN2CCC1CC2. The van der Waals surface area contributed by atoms with Crippen LogP contribution in [0, 0.1) is 5.92 Å². The molecule has 0 aliphatic carbocycles. The van der Waals surface area contributed by atoms with Crippen molar-refractivity contribution < 1.29 is 14.2 Å². The number of rotatable bonds is 6. The number of nitrogens with zero attached hydrogens (tertiary/aromatic N) is 1. The first-order chi connectivity index (χ1) is 11.0. The van der Waals surface area contributed by atoms with Crippen molar-refractivity contribution in [1.82, 2.24) is 4.90 Å². The van der Waals surface area contributed by atoms with E-state index in [1.807, 2.05) is 0 Å². The Hall–Kier alpha value is -1.04. The third kappa shape index (κ3) is 3.10. The first-order valence-electron chi connectivity index (χ1n) is 8.30. The Morgan fingerprint density at radius 2 is 2.33 bits per heavy atom. The first kappa shape index (κ1) is 12.5. The van der Waals surface area contributed by atoms with Crippen LogP contribution in [0.15, 0.2) is 24.4 Å². The van der Waals surface area contributed by atoms with Gasteiger partial charge in [0.25, 0.3) is 0 Å². The lowest BCUT2D eigenvalue weighted by Gasteiger charge is -2.39. The molecule has 1 saturated heterocycles. The highest BCUT2D eigenvalue weighted by Crippen LogP contribution is 2.40. The van der Waals surface area contributed by atoms with Crippen LogP contribution in [0.3, 0.4) is 0 Å². The predicted molar refractivity (Wildman–Crippen MR) is 90.2 cm³/mol. The van der Waals surface area contributed by atoms with Gasteiger partial charge in [-0.1, -0.05) is 12.1 Å². The summed E-state index contributed by atoms with van der Waals surface area (Å²) in [5.74, 6) is 1.12. The molecule has 0 radical (unpaired) electrons. The number of allylic oxidation sites excluding steroid dienone is 1. The Morgan fingerprint density at radius 3 is 2.95 bits per heavy atom. The van der Waals surface area contributed by atoms with Crippen LogP contribution in [-0.4, -0.2) is 51.3 Å². The fourth-order valence-corrected chi connectivity index (χ4v) is 3.38. The minimum Gasteiger partial charge on any atom is -0.426 e. The van der Waals surface area contributed by atoms with Crippen molar-refractivity contribution in [2.45, 2.75) is 12.8 Å². The molecule has 2 N–H and O–H groups in total. The van der Waals surface area contributed by atoms with E-state index in [1.54, 1.807) is 18.2 Å². The zero-order valence-corrected chi connectivity index (χ0v) is 12.6. The predicted octanol–water partition coefficient (Wildman–Crippen LogP) is 0.0505. The summed E-state index contributed by atoms with van der Waals surface area (Å²) >= 11 is 1.09. The minimum atomic E-state index is -1.51. The van der Waals surface area contributed by atoms with Gasteiger partial charge >= 0.3 is 7.12 Å². The lowest BCUT2D eigenvalue weighted by atomic mass is 9.76. The minimum absolute atomic E-state index is 0.262. The van der Waals surface area contributed by atoms with E-state index in [2.05, 4.69) is 11.1 Å². The average molecular weight is 306 g/mol. The third-order valence-corrected chi connectivity index (χ3v) is 4.55. The maximum atomic E-state index is 9.45. The molecule has 1 aromatic rings. The molecule has 0 aromatic heterocycles. The van der Waals surface area contributed by atoms with Gasteiger partial charge in [0, 0.05) is 42.5 Å². The van der Waals surface area contributed by atoms with Crippen LogP contribution in [0.1, 0.15) is 18.4 Å². The molecule has 0 spiro atoms. The van der Waals surface area contributed by atoms with Crippen LogP contribution in [0.25, 0.3) is 5.57 Å². The van der Waals surface area contributed by atoms with E-state index in [9.17, 15) is 10.0 Å². The quantitative estimate of drug-likeness (QED) is 0.575. The van der Waals surface area contributed by atoms with Crippen molar-refractivity contribution in [3.8, 4) is 5.75 Å². The van der Waals surface area contributed by atoms with Gasteiger partial charge < -0.3 is 19.1 Å². The molecule has 3 aliphatic rings. The lowest BCUT2D eigenvalue weighted by molar-refractivity contribution is 0.252. The summed E-state index contributed by atoms with van der Waals surface area (Å²) in [6.07, 6.45) is 4.35. The van der Waals surface area contributed by atoms with Crippen molar-refractivity contribution in [2.75, 3.05) is 18.7 Å². The molecule has 110 valence electrons.